The first-order valence-corrected chi connectivity index (χ1v) is 10.7. The van der Waals surface area contributed by atoms with Gasteiger partial charge in [0, 0.05) is 32.9 Å². The van der Waals surface area contributed by atoms with Crippen molar-refractivity contribution in [2.45, 2.75) is 4.90 Å². The second-order valence-electron chi connectivity index (χ2n) is 6.96. The fourth-order valence-corrected chi connectivity index (χ4v) is 4.07. The lowest BCUT2D eigenvalue weighted by atomic mass is 10.1. The molecule has 7 heteroatoms. The van der Waals surface area contributed by atoms with E-state index in [2.05, 4.69) is 0 Å². The first kappa shape index (κ1) is 21.5. The number of amides is 1. The molecule has 0 saturated carbocycles. The summed E-state index contributed by atoms with van der Waals surface area (Å²) in [5.74, 6) is 0.0265. The van der Waals surface area contributed by atoms with E-state index in [4.69, 9.17) is 4.74 Å². The van der Waals surface area contributed by atoms with Gasteiger partial charge in [-0.05, 0) is 46.7 Å². The highest BCUT2D eigenvalue weighted by atomic mass is 32.2. The Bertz CT molecular complexity index is 1220. The predicted molar refractivity (Wildman–Crippen MR) is 120 cm³/mol. The number of sulfonamides is 1. The first-order chi connectivity index (χ1) is 14.2. The maximum absolute atomic E-state index is 12.7. The van der Waals surface area contributed by atoms with Gasteiger partial charge in [-0.25, -0.2) is 12.7 Å². The van der Waals surface area contributed by atoms with Gasteiger partial charge < -0.3 is 9.64 Å². The number of carbonyl (C=O) groups is 1. The minimum Gasteiger partial charge on any atom is -0.495 e. The highest BCUT2D eigenvalue weighted by molar-refractivity contribution is 7.89. The van der Waals surface area contributed by atoms with Gasteiger partial charge in [0.2, 0.25) is 10.0 Å². The van der Waals surface area contributed by atoms with Gasteiger partial charge in [0.1, 0.15) is 10.6 Å². The molecule has 0 aliphatic carbocycles. The van der Waals surface area contributed by atoms with Crippen molar-refractivity contribution in [2.75, 3.05) is 33.2 Å². The molecule has 30 heavy (non-hydrogen) atoms. The molecule has 0 atom stereocenters. The van der Waals surface area contributed by atoms with Gasteiger partial charge in [-0.2, -0.15) is 0 Å². The average molecular weight is 425 g/mol. The van der Waals surface area contributed by atoms with Gasteiger partial charge in [-0.15, -0.1) is 0 Å². The van der Waals surface area contributed by atoms with Crippen molar-refractivity contribution >= 4 is 38.5 Å². The molecule has 0 aromatic heterocycles. The number of hydrogen-bond acceptors (Lipinski definition) is 4. The molecule has 0 heterocycles. The molecule has 0 saturated heterocycles. The molecule has 1 amide bonds. The lowest BCUT2D eigenvalue weighted by Gasteiger charge is -2.16. The quantitative estimate of drug-likeness (QED) is 0.565. The molecule has 0 radical (unpaired) electrons. The SMILES string of the molecule is COc1ccc(/C=C/C(=O)N(C)c2ccc3ccccc3c2)cc1S(=O)(=O)N(C)C. The molecule has 0 bridgehead atoms. The van der Waals surface area contributed by atoms with Crippen molar-refractivity contribution in [3.05, 3.63) is 72.3 Å². The normalized spacial score (nSPS) is 11.9. The molecule has 0 fully saturated rings. The zero-order valence-corrected chi connectivity index (χ0v) is 18.2. The van der Waals surface area contributed by atoms with E-state index in [0.29, 0.717) is 5.56 Å². The molecule has 0 unspecified atom stereocenters. The monoisotopic (exact) mass is 424 g/mol. The lowest BCUT2D eigenvalue weighted by Crippen LogP contribution is -2.24. The van der Waals surface area contributed by atoms with Crippen LogP contribution in [0.2, 0.25) is 0 Å². The topological polar surface area (TPSA) is 66.9 Å². The zero-order chi connectivity index (χ0) is 21.9. The molecule has 3 rings (SSSR count). The molecule has 0 spiro atoms. The standard InChI is InChI=1S/C23H24N2O4S/c1-24(2)30(27,28)22-15-17(9-13-21(22)29-4)10-14-23(26)25(3)20-12-11-18-7-5-6-8-19(18)16-20/h5-16H,1-4H3/b14-10+. The molecule has 0 aliphatic heterocycles. The van der Waals surface area contributed by atoms with Gasteiger partial charge in [0.15, 0.2) is 0 Å². The Morgan fingerprint density at radius 1 is 0.933 bits per heavy atom. The Balaban J connectivity index is 1.86. The highest BCUT2D eigenvalue weighted by Gasteiger charge is 2.22. The van der Waals surface area contributed by atoms with Gasteiger partial charge in [0.05, 0.1) is 7.11 Å². The van der Waals surface area contributed by atoms with Crippen LogP contribution in [0.4, 0.5) is 5.69 Å². The largest absolute Gasteiger partial charge is 0.495 e. The lowest BCUT2D eigenvalue weighted by molar-refractivity contribution is -0.113. The zero-order valence-electron chi connectivity index (χ0n) is 17.4. The van der Waals surface area contributed by atoms with Crippen LogP contribution in [0.5, 0.6) is 5.75 Å². The fraction of sp³-hybridized carbons (Fsp3) is 0.174. The van der Waals surface area contributed by atoms with E-state index in [0.717, 1.165) is 20.8 Å². The Hall–Kier alpha value is -3.16. The summed E-state index contributed by atoms with van der Waals surface area (Å²) in [6.07, 6.45) is 3.01. The number of nitrogens with zero attached hydrogens (tertiary/aromatic N) is 2. The van der Waals surface area contributed by atoms with Crippen LogP contribution in [-0.4, -0.2) is 46.9 Å². The van der Waals surface area contributed by atoms with Crippen LogP contribution in [-0.2, 0) is 14.8 Å². The van der Waals surface area contributed by atoms with Crippen molar-refractivity contribution in [1.29, 1.82) is 0 Å². The minimum absolute atomic E-state index is 0.0486. The Morgan fingerprint density at radius 3 is 2.30 bits per heavy atom. The Labute approximate surface area is 177 Å². The molecule has 0 aliphatic rings. The summed E-state index contributed by atoms with van der Waals surface area (Å²) in [7, 11) is 2.35. The number of rotatable bonds is 6. The van der Waals surface area contributed by atoms with E-state index < -0.39 is 10.0 Å². The van der Waals surface area contributed by atoms with Crippen LogP contribution in [0.1, 0.15) is 5.56 Å². The van der Waals surface area contributed by atoms with E-state index in [1.54, 1.807) is 30.2 Å². The van der Waals surface area contributed by atoms with Crippen LogP contribution in [0.3, 0.4) is 0 Å². The molecule has 0 N–H and O–H groups in total. The third kappa shape index (κ3) is 4.37. The second-order valence-corrected chi connectivity index (χ2v) is 9.08. The van der Waals surface area contributed by atoms with Crippen LogP contribution in [0.15, 0.2) is 71.6 Å². The third-order valence-electron chi connectivity index (χ3n) is 4.82. The number of benzene rings is 3. The van der Waals surface area contributed by atoms with Crippen LogP contribution >= 0.6 is 0 Å². The van der Waals surface area contributed by atoms with Gasteiger partial charge >= 0.3 is 0 Å². The highest BCUT2D eigenvalue weighted by Crippen LogP contribution is 2.27. The molecular weight excluding hydrogens is 400 g/mol. The van der Waals surface area contributed by atoms with Crippen molar-refractivity contribution < 1.29 is 17.9 Å². The summed E-state index contributed by atoms with van der Waals surface area (Å²) in [6.45, 7) is 0. The van der Waals surface area contributed by atoms with Crippen LogP contribution < -0.4 is 9.64 Å². The van der Waals surface area contributed by atoms with Crippen molar-refractivity contribution in [1.82, 2.24) is 4.31 Å². The molecule has 156 valence electrons. The Morgan fingerprint density at radius 2 is 1.63 bits per heavy atom. The molecular formula is C23H24N2O4S. The maximum atomic E-state index is 12.7. The summed E-state index contributed by atoms with van der Waals surface area (Å²) >= 11 is 0. The predicted octanol–water partition coefficient (Wildman–Crippen LogP) is 3.77. The number of methoxy groups -OCH3 is 1. The van der Waals surface area contributed by atoms with Crippen molar-refractivity contribution in [3.8, 4) is 5.75 Å². The fourth-order valence-electron chi connectivity index (χ4n) is 2.99. The second kappa shape index (κ2) is 8.69. The maximum Gasteiger partial charge on any atom is 0.250 e. The molecule has 3 aromatic carbocycles. The number of likely N-dealkylation sites (N-methyl/N-ethyl adjacent to an activating group) is 1. The number of fused-ring (bicyclic) bond motifs is 1. The van der Waals surface area contributed by atoms with Crippen molar-refractivity contribution in [3.63, 3.8) is 0 Å². The number of hydrogen-bond donors (Lipinski definition) is 0. The van der Waals surface area contributed by atoms with Crippen LogP contribution in [0.25, 0.3) is 16.8 Å². The van der Waals surface area contributed by atoms with Gasteiger partial charge in [0.25, 0.3) is 5.91 Å². The smallest absolute Gasteiger partial charge is 0.250 e. The molecule has 3 aromatic rings. The van der Waals surface area contributed by atoms with Crippen LogP contribution in [0, 0.1) is 0 Å². The van der Waals surface area contributed by atoms with E-state index in [9.17, 15) is 13.2 Å². The minimum atomic E-state index is -3.68. The van der Waals surface area contributed by atoms with Crippen molar-refractivity contribution in [2.24, 2.45) is 0 Å². The summed E-state index contributed by atoms with van der Waals surface area (Å²) in [4.78, 5) is 14.2. The average Bonchev–Trinajstić information content (AvgIpc) is 2.76. The number of carbonyl (C=O) groups excluding carboxylic acids is 1. The molecule has 6 nitrogen and oxygen atoms in total. The summed E-state index contributed by atoms with van der Waals surface area (Å²) in [5.41, 5.74) is 1.35. The summed E-state index contributed by atoms with van der Waals surface area (Å²) in [6, 6.07) is 18.5. The van der Waals surface area contributed by atoms with Gasteiger partial charge in [-0.1, -0.05) is 36.4 Å². The van der Waals surface area contributed by atoms with E-state index in [-0.39, 0.29) is 16.6 Å². The number of anilines is 1. The first-order valence-electron chi connectivity index (χ1n) is 9.29. The van der Waals surface area contributed by atoms with E-state index in [1.807, 2.05) is 42.5 Å². The Kier molecular flexibility index (Phi) is 6.24. The third-order valence-corrected chi connectivity index (χ3v) is 6.65. The summed E-state index contributed by atoms with van der Waals surface area (Å²) in [5, 5.41) is 2.15. The number of ether oxygens (including phenoxy) is 1. The summed E-state index contributed by atoms with van der Waals surface area (Å²) < 4.78 is 31.4. The van der Waals surface area contributed by atoms with Gasteiger partial charge in [-0.3, -0.25) is 4.79 Å². The van der Waals surface area contributed by atoms with E-state index in [1.165, 1.54) is 33.3 Å². The van der Waals surface area contributed by atoms with E-state index >= 15 is 0 Å².